The predicted molar refractivity (Wildman–Crippen MR) is 95.2 cm³/mol. The third-order valence-corrected chi connectivity index (χ3v) is 5.20. The minimum Gasteiger partial charge on any atom is -0.406 e. The van der Waals surface area contributed by atoms with Crippen molar-refractivity contribution in [2.45, 2.75) is 18.7 Å². The summed E-state index contributed by atoms with van der Waals surface area (Å²) in [6, 6.07) is 12.9. The molecule has 1 aliphatic heterocycles. The largest absolute Gasteiger partial charge is 0.573 e. The van der Waals surface area contributed by atoms with Crippen LogP contribution in [0.3, 0.4) is 0 Å². The number of halogens is 3. The maximum Gasteiger partial charge on any atom is 0.573 e. The Morgan fingerprint density at radius 2 is 1.88 bits per heavy atom. The Bertz CT molecular complexity index is 781. The molecule has 3 rings (SSSR count). The van der Waals surface area contributed by atoms with Gasteiger partial charge in [0.25, 0.3) is 0 Å². The molecule has 1 saturated heterocycles. The van der Waals surface area contributed by atoms with E-state index in [1.54, 1.807) is 28.8 Å². The van der Waals surface area contributed by atoms with Crippen LogP contribution in [0.2, 0.25) is 0 Å². The van der Waals surface area contributed by atoms with Gasteiger partial charge in [-0.25, -0.2) is 4.79 Å². The van der Waals surface area contributed by atoms with E-state index in [2.05, 4.69) is 10.1 Å². The second-order valence-corrected chi connectivity index (χ2v) is 6.97. The number of nitrogens with zero attached hydrogens (tertiary/aromatic N) is 1. The van der Waals surface area contributed by atoms with Gasteiger partial charge >= 0.3 is 12.4 Å². The van der Waals surface area contributed by atoms with Crippen LogP contribution in [0.5, 0.6) is 5.75 Å². The SMILES string of the molecule is Cc1ccccc1NC(=O)N1CCS[C@H]1c1ccc(OC(F)(F)F)cc1. The number of hydrogen-bond acceptors (Lipinski definition) is 3. The molecule has 1 heterocycles. The molecule has 4 nitrogen and oxygen atoms in total. The summed E-state index contributed by atoms with van der Waals surface area (Å²) in [6.07, 6.45) is -4.72. The molecular weight excluding hydrogens is 365 g/mol. The number of carbonyl (C=O) groups excluding carboxylic acids is 1. The zero-order chi connectivity index (χ0) is 18.7. The summed E-state index contributed by atoms with van der Waals surface area (Å²) in [5.41, 5.74) is 2.45. The van der Waals surface area contributed by atoms with Gasteiger partial charge in [0.15, 0.2) is 0 Å². The van der Waals surface area contributed by atoms with Gasteiger partial charge in [-0.05, 0) is 36.2 Å². The van der Waals surface area contributed by atoms with Crippen molar-refractivity contribution in [3.8, 4) is 5.75 Å². The molecule has 0 spiro atoms. The van der Waals surface area contributed by atoms with Crippen LogP contribution in [0.15, 0.2) is 48.5 Å². The van der Waals surface area contributed by atoms with Crippen molar-refractivity contribution in [2.75, 3.05) is 17.6 Å². The molecule has 2 aromatic carbocycles. The van der Waals surface area contributed by atoms with Crippen LogP contribution < -0.4 is 10.1 Å². The predicted octanol–water partition coefficient (Wildman–Crippen LogP) is 5.17. The van der Waals surface area contributed by atoms with Crippen molar-refractivity contribution < 1.29 is 22.7 Å². The van der Waals surface area contributed by atoms with Crippen molar-refractivity contribution in [3.63, 3.8) is 0 Å². The van der Waals surface area contributed by atoms with Gasteiger partial charge in [-0.1, -0.05) is 30.3 Å². The number of thioether (sulfide) groups is 1. The lowest BCUT2D eigenvalue weighted by Gasteiger charge is -2.25. The van der Waals surface area contributed by atoms with E-state index in [9.17, 15) is 18.0 Å². The number of ether oxygens (including phenoxy) is 1. The first-order valence-electron chi connectivity index (χ1n) is 7.94. The number of benzene rings is 2. The van der Waals surface area contributed by atoms with Gasteiger partial charge in [-0.3, -0.25) is 0 Å². The molecule has 0 aromatic heterocycles. The number of urea groups is 1. The summed E-state index contributed by atoms with van der Waals surface area (Å²) in [7, 11) is 0. The van der Waals surface area contributed by atoms with Crippen molar-refractivity contribution in [3.05, 3.63) is 59.7 Å². The number of hydrogen-bond donors (Lipinski definition) is 1. The van der Waals surface area contributed by atoms with Crippen molar-refractivity contribution >= 4 is 23.5 Å². The summed E-state index contributed by atoms with van der Waals surface area (Å²) in [5, 5.41) is 2.64. The van der Waals surface area contributed by atoms with Gasteiger partial charge in [0.2, 0.25) is 0 Å². The van der Waals surface area contributed by atoms with Gasteiger partial charge in [0.05, 0.1) is 0 Å². The average Bonchev–Trinajstić information content (AvgIpc) is 3.06. The molecule has 1 N–H and O–H groups in total. The molecule has 0 bridgehead atoms. The van der Waals surface area contributed by atoms with Gasteiger partial charge < -0.3 is 15.0 Å². The highest BCUT2D eigenvalue weighted by molar-refractivity contribution is 7.99. The van der Waals surface area contributed by atoms with Gasteiger partial charge in [0.1, 0.15) is 11.1 Å². The second kappa shape index (κ2) is 7.49. The molecule has 0 saturated carbocycles. The van der Waals surface area contributed by atoms with E-state index in [1.165, 1.54) is 12.1 Å². The molecule has 0 unspecified atom stereocenters. The maximum absolute atomic E-state index is 12.6. The van der Waals surface area contributed by atoms with E-state index in [4.69, 9.17) is 0 Å². The lowest BCUT2D eigenvalue weighted by Crippen LogP contribution is -2.34. The number of anilines is 1. The molecule has 1 aliphatic rings. The molecular formula is C18H17F3N2O2S. The lowest BCUT2D eigenvalue weighted by atomic mass is 10.2. The summed E-state index contributed by atoms with van der Waals surface area (Å²) >= 11 is 1.57. The van der Waals surface area contributed by atoms with Crippen LogP contribution in [0, 0.1) is 6.92 Å². The smallest absolute Gasteiger partial charge is 0.406 e. The first-order chi connectivity index (χ1) is 12.3. The van der Waals surface area contributed by atoms with E-state index >= 15 is 0 Å². The maximum atomic E-state index is 12.6. The molecule has 8 heteroatoms. The van der Waals surface area contributed by atoms with E-state index in [1.807, 2.05) is 31.2 Å². The van der Waals surface area contributed by atoms with E-state index in [0.29, 0.717) is 6.54 Å². The zero-order valence-corrected chi connectivity index (χ0v) is 14.7. The minimum absolute atomic E-state index is 0.232. The summed E-state index contributed by atoms with van der Waals surface area (Å²) in [5.74, 6) is 0.479. The van der Waals surface area contributed by atoms with Crippen molar-refractivity contribution in [1.82, 2.24) is 4.90 Å². The van der Waals surface area contributed by atoms with Crippen LogP contribution in [0.1, 0.15) is 16.5 Å². The van der Waals surface area contributed by atoms with E-state index in [-0.39, 0.29) is 17.2 Å². The topological polar surface area (TPSA) is 41.6 Å². The number of rotatable bonds is 3. The normalized spacial score (nSPS) is 17.2. The number of nitrogens with one attached hydrogen (secondary N) is 1. The Morgan fingerprint density at radius 3 is 2.54 bits per heavy atom. The highest BCUT2D eigenvalue weighted by Crippen LogP contribution is 2.39. The van der Waals surface area contributed by atoms with Crippen LogP contribution in [-0.2, 0) is 0 Å². The van der Waals surface area contributed by atoms with Gasteiger partial charge in [-0.15, -0.1) is 24.9 Å². The second-order valence-electron chi connectivity index (χ2n) is 5.78. The van der Waals surface area contributed by atoms with E-state index < -0.39 is 6.36 Å². The van der Waals surface area contributed by atoms with Crippen molar-refractivity contribution in [1.29, 1.82) is 0 Å². The number of alkyl halides is 3. The summed E-state index contributed by atoms with van der Waals surface area (Å²) < 4.78 is 40.7. The van der Waals surface area contributed by atoms with Crippen LogP contribution in [0.4, 0.5) is 23.7 Å². The van der Waals surface area contributed by atoms with Crippen molar-refractivity contribution in [2.24, 2.45) is 0 Å². The lowest BCUT2D eigenvalue weighted by molar-refractivity contribution is -0.274. The highest BCUT2D eigenvalue weighted by atomic mass is 32.2. The Kier molecular flexibility index (Phi) is 5.31. The van der Waals surface area contributed by atoms with Crippen LogP contribution in [-0.4, -0.2) is 29.6 Å². The Balaban J connectivity index is 1.71. The standard InChI is InChI=1S/C18H17F3N2O2S/c1-12-4-2-3-5-15(12)22-17(24)23-10-11-26-16(23)13-6-8-14(9-7-13)25-18(19,20)21/h2-9,16H,10-11H2,1H3,(H,22,24)/t16-/m0/s1. The molecule has 0 radical (unpaired) electrons. The Hall–Kier alpha value is -2.35. The van der Waals surface area contributed by atoms with Gasteiger partial charge in [0, 0.05) is 18.0 Å². The number of aryl methyl sites for hydroxylation is 1. The summed E-state index contributed by atoms with van der Waals surface area (Å²) in [6.45, 7) is 2.47. The molecule has 138 valence electrons. The quantitative estimate of drug-likeness (QED) is 0.796. The third-order valence-electron chi connectivity index (χ3n) is 3.94. The molecule has 0 aliphatic carbocycles. The number of para-hydroxylation sites is 1. The fourth-order valence-corrected chi connectivity index (χ4v) is 3.94. The third kappa shape index (κ3) is 4.43. The fraction of sp³-hybridized carbons (Fsp3) is 0.278. The molecule has 2 aromatic rings. The highest BCUT2D eigenvalue weighted by Gasteiger charge is 2.33. The zero-order valence-electron chi connectivity index (χ0n) is 13.9. The molecule has 2 amide bonds. The first-order valence-corrected chi connectivity index (χ1v) is 8.99. The Morgan fingerprint density at radius 1 is 1.19 bits per heavy atom. The molecule has 1 atom stereocenters. The monoisotopic (exact) mass is 382 g/mol. The Labute approximate surface area is 153 Å². The minimum atomic E-state index is -4.72. The van der Waals surface area contributed by atoms with Gasteiger partial charge in [-0.2, -0.15) is 0 Å². The van der Waals surface area contributed by atoms with Crippen LogP contribution >= 0.6 is 11.8 Å². The van der Waals surface area contributed by atoms with Crippen LogP contribution in [0.25, 0.3) is 0 Å². The number of carbonyl (C=O) groups is 1. The average molecular weight is 382 g/mol. The first kappa shape index (κ1) is 18.4. The summed E-state index contributed by atoms with van der Waals surface area (Å²) in [4.78, 5) is 14.3. The molecule has 26 heavy (non-hydrogen) atoms. The molecule has 1 fully saturated rings. The number of amides is 2. The fourth-order valence-electron chi connectivity index (χ4n) is 2.69. The van der Waals surface area contributed by atoms with E-state index in [0.717, 1.165) is 22.6 Å².